The molecule has 1 aliphatic rings. The van der Waals surface area contributed by atoms with Crippen molar-refractivity contribution >= 4 is 38.7 Å². The molecule has 1 atom stereocenters. The van der Waals surface area contributed by atoms with Gasteiger partial charge in [0.25, 0.3) is 10.1 Å². The molecule has 0 aliphatic carbocycles. The number of hydrogen-bond donors (Lipinski definition) is 0. The molecule has 0 fully saturated rings. The van der Waals surface area contributed by atoms with E-state index in [0.717, 1.165) is 44.6 Å². The summed E-state index contributed by atoms with van der Waals surface area (Å²) in [7, 11) is -3.57. The highest BCUT2D eigenvalue weighted by molar-refractivity contribution is 8.00. The lowest BCUT2D eigenvalue weighted by Crippen LogP contribution is -2.34. The Morgan fingerprint density at radius 1 is 1.12 bits per heavy atom. The SMILES string of the molecule is CCOc1ccc2c(c1)c1c(n2CCOS(C)(=O)=O)-c2ccccc2SC1C(=O)N(CC)CC. The van der Waals surface area contributed by atoms with Gasteiger partial charge in [0.05, 0.1) is 25.2 Å². The minimum atomic E-state index is -3.57. The Morgan fingerprint density at radius 2 is 1.85 bits per heavy atom. The number of carbonyl (C=O) groups excluding carboxylic acids is 1. The third-order valence-corrected chi connectivity index (χ3v) is 7.82. The minimum absolute atomic E-state index is 0.00618. The second-order valence-corrected chi connectivity index (χ2v) is 10.8. The lowest BCUT2D eigenvalue weighted by Gasteiger charge is -2.30. The van der Waals surface area contributed by atoms with Crippen LogP contribution in [0.3, 0.4) is 0 Å². The highest BCUT2D eigenvalue weighted by Gasteiger charge is 2.37. The number of rotatable bonds is 9. The quantitative estimate of drug-likeness (QED) is 0.395. The highest BCUT2D eigenvalue weighted by atomic mass is 32.2. The van der Waals surface area contributed by atoms with Crippen LogP contribution in [-0.4, -0.2) is 56.4 Å². The molecular formula is C25H30N2O5S2. The van der Waals surface area contributed by atoms with E-state index in [9.17, 15) is 13.2 Å². The maximum absolute atomic E-state index is 13.7. The molecule has 2 aromatic carbocycles. The third kappa shape index (κ3) is 4.69. The normalized spacial score (nSPS) is 15.1. The number of nitrogens with zero attached hydrogens (tertiary/aromatic N) is 2. The van der Waals surface area contributed by atoms with Crippen molar-refractivity contribution in [1.29, 1.82) is 0 Å². The predicted octanol–water partition coefficient (Wildman–Crippen LogP) is 4.70. The zero-order valence-corrected chi connectivity index (χ0v) is 21.5. The first-order chi connectivity index (χ1) is 16.3. The summed E-state index contributed by atoms with van der Waals surface area (Å²) in [6, 6.07) is 13.9. The molecule has 7 nitrogen and oxygen atoms in total. The molecule has 3 aromatic rings. The molecule has 1 amide bonds. The van der Waals surface area contributed by atoms with Gasteiger partial charge >= 0.3 is 0 Å². The Hall–Kier alpha value is -2.49. The summed E-state index contributed by atoms with van der Waals surface area (Å²) in [6.07, 6.45) is 1.05. The van der Waals surface area contributed by atoms with Gasteiger partial charge < -0.3 is 14.2 Å². The standard InChI is InChI=1S/C25H30N2O5S2/c1-5-26(6-2)25(28)24-22-19-16-17(31-7-3)12-13-20(19)27(14-15-32-34(4,29)30)23(22)18-10-8-9-11-21(18)33-24/h8-13,16,24H,5-7,14-15H2,1-4H3. The second-order valence-electron chi connectivity index (χ2n) is 8.06. The fraction of sp³-hybridized carbons (Fsp3) is 0.400. The minimum Gasteiger partial charge on any atom is -0.494 e. The first-order valence-corrected chi connectivity index (χ1v) is 14.2. The topological polar surface area (TPSA) is 77.8 Å². The van der Waals surface area contributed by atoms with Crippen LogP contribution in [0.4, 0.5) is 0 Å². The van der Waals surface area contributed by atoms with Crippen LogP contribution < -0.4 is 4.74 Å². The third-order valence-electron chi connectivity index (χ3n) is 5.95. The molecule has 1 unspecified atom stereocenters. The van der Waals surface area contributed by atoms with Crippen molar-refractivity contribution < 1.29 is 22.1 Å². The Balaban J connectivity index is 1.96. The van der Waals surface area contributed by atoms with E-state index in [4.69, 9.17) is 8.92 Å². The van der Waals surface area contributed by atoms with Crippen LogP contribution in [0, 0.1) is 0 Å². The maximum Gasteiger partial charge on any atom is 0.264 e. The summed E-state index contributed by atoms with van der Waals surface area (Å²) >= 11 is 1.57. The molecular weight excluding hydrogens is 472 g/mol. The van der Waals surface area contributed by atoms with Crippen molar-refractivity contribution in [3.8, 4) is 17.0 Å². The number of benzene rings is 2. The fourth-order valence-electron chi connectivity index (χ4n) is 4.51. The lowest BCUT2D eigenvalue weighted by molar-refractivity contribution is -0.130. The molecule has 1 aromatic heterocycles. The molecule has 0 radical (unpaired) electrons. The molecule has 0 saturated heterocycles. The van der Waals surface area contributed by atoms with E-state index in [1.807, 2.05) is 62.1 Å². The second kappa shape index (κ2) is 10.0. The van der Waals surface area contributed by atoms with E-state index < -0.39 is 15.4 Å². The van der Waals surface area contributed by atoms with E-state index in [1.165, 1.54) is 0 Å². The Morgan fingerprint density at radius 3 is 2.53 bits per heavy atom. The van der Waals surface area contributed by atoms with Crippen LogP contribution in [0.1, 0.15) is 31.6 Å². The Labute approximate surface area is 205 Å². The van der Waals surface area contributed by atoms with Crippen molar-refractivity contribution in [3.05, 3.63) is 48.0 Å². The molecule has 0 spiro atoms. The molecule has 4 rings (SSSR count). The van der Waals surface area contributed by atoms with Crippen molar-refractivity contribution in [1.82, 2.24) is 9.47 Å². The number of aromatic nitrogens is 1. The average Bonchev–Trinajstić information content (AvgIpc) is 3.13. The zero-order valence-electron chi connectivity index (χ0n) is 19.9. The van der Waals surface area contributed by atoms with Crippen LogP contribution in [0.15, 0.2) is 47.4 Å². The van der Waals surface area contributed by atoms with E-state index in [1.54, 1.807) is 11.8 Å². The average molecular weight is 503 g/mol. The highest BCUT2D eigenvalue weighted by Crippen LogP contribution is 2.53. The number of ether oxygens (including phenoxy) is 1. The summed E-state index contributed by atoms with van der Waals surface area (Å²) in [6.45, 7) is 8.06. The van der Waals surface area contributed by atoms with Gasteiger partial charge in [-0.2, -0.15) is 8.42 Å². The van der Waals surface area contributed by atoms with Gasteiger partial charge in [0.1, 0.15) is 11.0 Å². The summed E-state index contributed by atoms with van der Waals surface area (Å²) in [4.78, 5) is 16.6. The summed E-state index contributed by atoms with van der Waals surface area (Å²) in [5.74, 6) is 0.805. The van der Waals surface area contributed by atoms with Crippen LogP contribution in [0.5, 0.6) is 5.75 Å². The van der Waals surface area contributed by atoms with Crippen molar-refractivity contribution in [2.24, 2.45) is 0 Å². The number of carbonyl (C=O) groups is 1. The lowest BCUT2D eigenvalue weighted by atomic mass is 10.00. The van der Waals surface area contributed by atoms with Gasteiger partial charge in [0.15, 0.2) is 0 Å². The summed E-state index contributed by atoms with van der Waals surface area (Å²) < 4.78 is 36.2. The number of likely N-dealkylation sites (N-methyl/N-ethyl adjacent to an activating group) is 1. The van der Waals surface area contributed by atoms with Crippen LogP contribution in [0.25, 0.3) is 22.2 Å². The van der Waals surface area contributed by atoms with Gasteiger partial charge in [0.2, 0.25) is 5.91 Å². The van der Waals surface area contributed by atoms with E-state index in [0.29, 0.717) is 26.2 Å². The van der Waals surface area contributed by atoms with Gasteiger partial charge in [-0.3, -0.25) is 8.98 Å². The van der Waals surface area contributed by atoms with Gasteiger partial charge in [0, 0.05) is 46.6 Å². The summed E-state index contributed by atoms with van der Waals surface area (Å²) in [5, 5.41) is 0.522. The maximum atomic E-state index is 13.7. The number of amides is 1. The van der Waals surface area contributed by atoms with Crippen LogP contribution >= 0.6 is 11.8 Å². The first kappa shape index (κ1) is 24.6. The molecule has 34 heavy (non-hydrogen) atoms. The monoisotopic (exact) mass is 502 g/mol. The summed E-state index contributed by atoms with van der Waals surface area (Å²) in [5.41, 5.74) is 3.82. The van der Waals surface area contributed by atoms with Crippen molar-refractivity contribution in [3.63, 3.8) is 0 Å². The number of hydrogen-bond acceptors (Lipinski definition) is 6. The van der Waals surface area contributed by atoms with Gasteiger partial charge in [-0.05, 0) is 45.0 Å². The van der Waals surface area contributed by atoms with Crippen molar-refractivity contribution in [2.75, 3.05) is 32.6 Å². The van der Waals surface area contributed by atoms with E-state index >= 15 is 0 Å². The zero-order chi connectivity index (χ0) is 24.5. The number of thioether (sulfide) groups is 1. The Bertz CT molecular complexity index is 1310. The molecule has 0 bridgehead atoms. The molecule has 182 valence electrons. The van der Waals surface area contributed by atoms with E-state index in [-0.39, 0.29) is 12.5 Å². The molecule has 2 heterocycles. The molecule has 9 heteroatoms. The molecule has 1 aliphatic heterocycles. The molecule has 0 saturated carbocycles. The largest absolute Gasteiger partial charge is 0.494 e. The molecule has 0 N–H and O–H groups in total. The van der Waals surface area contributed by atoms with Gasteiger partial charge in [-0.1, -0.05) is 18.2 Å². The van der Waals surface area contributed by atoms with Gasteiger partial charge in [-0.25, -0.2) is 0 Å². The van der Waals surface area contributed by atoms with Crippen LogP contribution in [0.2, 0.25) is 0 Å². The van der Waals surface area contributed by atoms with Gasteiger partial charge in [-0.15, -0.1) is 11.8 Å². The first-order valence-electron chi connectivity index (χ1n) is 11.5. The van der Waals surface area contributed by atoms with Crippen molar-refractivity contribution in [2.45, 2.75) is 37.5 Å². The smallest absolute Gasteiger partial charge is 0.264 e. The Kier molecular flexibility index (Phi) is 7.25. The predicted molar refractivity (Wildman–Crippen MR) is 136 cm³/mol. The van der Waals surface area contributed by atoms with Crippen LogP contribution in [-0.2, 0) is 25.6 Å². The number of fused-ring (bicyclic) bond motifs is 5. The van der Waals surface area contributed by atoms with E-state index in [2.05, 4.69) is 10.6 Å². The fourth-order valence-corrected chi connectivity index (χ4v) is 6.20.